The fraction of sp³-hybridized carbons (Fsp3) is 0.200. The Hall–Kier alpha value is -2.95. The van der Waals surface area contributed by atoms with Crippen LogP contribution in [0.4, 0.5) is 10.1 Å². The number of fused-ring (bicyclic) bond motifs is 2. The van der Waals surface area contributed by atoms with E-state index in [1.165, 1.54) is 12.1 Å². The van der Waals surface area contributed by atoms with E-state index in [0.717, 1.165) is 34.9 Å². The normalized spacial score (nSPS) is 13.6. The Morgan fingerprint density at radius 2 is 2.16 bits per heavy atom. The van der Waals surface area contributed by atoms with Crippen LogP contribution in [0.5, 0.6) is 5.75 Å². The summed E-state index contributed by atoms with van der Waals surface area (Å²) in [5.41, 5.74) is 1.65. The number of benzene rings is 2. The lowest BCUT2D eigenvalue weighted by atomic mass is 10.0. The van der Waals surface area contributed by atoms with Crippen molar-refractivity contribution in [3.05, 3.63) is 66.2 Å². The van der Waals surface area contributed by atoms with Crippen molar-refractivity contribution in [3.63, 3.8) is 0 Å². The molecule has 0 bridgehead atoms. The molecule has 1 amide bonds. The molecule has 0 aliphatic carbocycles. The Balaban J connectivity index is 1.53. The lowest BCUT2D eigenvalue weighted by Gasteiger charge is -2.29. The van der Waals surface area contributed by atoms with E-state index in [2.05, 4.69) is 4.98 Å². The maximum absolute atomic E-state index is 13.4. The highest BCUT2D eigenvalue weighted by Crippen LogP contribution is 2.28. The number of nitrogens with zero attached hydrogens (tertiary/aromatic N) is 2. The minimum absolute atomic E-state index is 0.0573. The first-order valence-electron chi connectivity index (χ1n) is 8.27. The fourth-order valence-electron chi connectivity index (χ4n) is 3.26. The number of pyridine rings is 1. The molecule has 5 heteroatoms. The Bertz CT molecular complexity index is 937. The number of aryl methyl sites for hydroxylation is 1. The van der Waals surface area contributed by atoms with Crippen LogP contribution in [-0.2, 0) is 11.2 Å². The summed E-state index contributed by atoms with van der Waals surface area (Å²) in [6.45, 7) is 0.568. The molecule has 0 atom stereocenters. The molecule has 0 N–H and O–H groups in total. The van der Waals surface area contributed by atoms with Crippen molar-refractivity contribution in [1.29, 1.82) is 0 Å². The van der Waals surface area contributed by atoms with Crippen LogP contribution in [-0.4, -0.2) is 24.0 Å². The molecule has 1 aromatic heterocycles. The van der Waals surface area contributed by atoms with Gasteiger partial charge in [0.05, 0.1) is 0 Å². The molecule has 2 aromatic carbocycles. The van der Waals surface area contributed by atoms with E-state index in [1.807, 2.05) is 24.3 Å². The SMILES string of the molecule is O=C(COc1cccc2cnccc12)N1CCCc2cc(F)ccc21. The number of carbonyl (C=O) groups is 1. The predicted molar refractivity (Wildman–Crippen MR) is 94.3 cm³/mol. The predicted octanol–water partition coefficient (Wildman–Crippen LogP) is 3.73. The number of amides is 1. The average Bonchev–Trinajstić information content (AvgIpc) is 2.65. The molecule has 0 radical (unpaired) electrons. The highest BCUT2D eigenvalue weighted by atomic mass is 19.1. The van der Waals surface area contributed by atoms with Crippen LogP contribution in [0.25, 0.3) is 10.8 Å². The van der Waals surface area contributed by atoms with Crippen molar-refractivity contribution < 1.29 is 13.9 Å². The van der Waals surface area contributed by atoms with Crippen LogP contribution in [0.1, 0.15) is 12.0 Å². The van der Waals surface area contributed by atoms with Gasteiger partial charge in [-0.2, -0.15) is 0 Å². The molecule has 2 heterocycles. The van der Waals surface area contributed by atoms with Gasteiger partial charge in [-0.05, 0) is 48.7 Å². The number of hydrogen-bond acceptors (Lipinski definition) is 3. The lowest BCUT2D eigenvalue weighted by Crippen LogP contribution is -2.38. The zero-order chi connectivity index (χ0) is 17.2. The molecular weight excluding hydrogens is 319 g/mol. The van der Waals surface area contributed by atoms with Crippen LogP contribution in [0, 0.1) is 5.82 Å². The number of ether oxygens (including phenoxy) is 1. The van der Waals surface area contributed by atoms with Crippen molar-refractivity contribution in [3.8, 4) is 5.75 Å². The summed E-state index contributed by atoms with van der Waals surface area (Å²) < 4.78 is 19.2. The molecule has 25 heavy (non-hydrogen) atoms. The van der Waals surface area contributed by atoms with E-state index >= 15 is 0 Å². The van der Waals surface area contributed by atoms with Crippen molar-refractivity contribution in [2.45, 2.75) is 12.8 Å². The number of anilines is 1. The summed E-state index contributed by atoms with van der Waals surface area (Å²) in [6, 6.07) is 12.1. The molecule has 4 rings (SSSR count). The second kappa shape index (κ2) is 6.51. The maximum Gasteiger partial charge on any atom is 0.264 e. The molecule has 0 unspecified atom stereocenters. The third-order valence-corrected chi connectivity index (χ3v) is 4.45. The van der Waals surface area contributed by atoms with Crippen LogP contribution < -0.4 is 9.64 Å². The van der Waals surface area contributed by atoms with Gasteiger partial charge in [0, 0.05) is 35.4 Å². The summed E-state index contributed by atoms with van der Waals surface area (Å²) in [5, 5.41) is 1.89. The summed E-state index contributed by atoms with van der Waals surface area (Å²) >= 11 is 0. The summed E-state index contributed by atoms with van der Waals surface area (Å²) in [5.74, 6) is 0.261. The Labute approximate surface area is 144 Å². The fourth-order valence-corrected chi connectivity index (χ4v) is 3.26. The largest absolute Gasteiger partial charge is 0.483 e. The molecular formula is C20H17FN2O2. The number of halogens is 1. The summed E-state index contributed by atoms with van der Waals surface area (Å²) in [4.78, 5) is 18.4. The van der Waals surface area contributed by atoms with E-state index < -0.39 is 0 Å². The number of carbonyl (C=O) groups excluding carboxylic acids is 1. The van der Waals surface area contributed by atoms with Gasteiger partial charge in [0.1, 0.15) is 11.6 Å². The van der Waals surface area contributed by atoms with Gasteiger partial charge in [-0.25, -0.2) is 4.39 Å². The molecule has 4 nitrogen and oxygen atoms in total. The van der Waals surface area contributed by atoms with Crippen molar-refractivity contribution >= 4 is 22.4 Å². The Kier molecular flexibility index (Phi) is 4.06. The third-order valence-electron chi connectivity index (χ3n) is 4.45. The Morgan fingerprint density at radius 3 is 3.08 bits per heavy atom. The Morgan fingerprint density at radius 1 is 1.24 bits per heavy atom. The zero-order valence-corrected chi connectivity index (χ0v) is 13.6. The van der Waals surface area contributed by atoms with Gasteiger partial charge in [0.2, 0.25) is 0 Å². The number of hydrogen-bond donors (Lipinski definition) is 0. The van der Waals surface area contributed by atoms with Gasteiger partial charge in [-0.15, -0.1) is 0 Å². The molecule has 1 aliphatic heterocycles. The highest BCUT2D eigenvalue weighted by molar-refractivity contribution is 5.96. The summed E-state index contributed by atoms with van der Waals surface area (Å²) in [7, 11) is 0. The zero-order valence-electron chi connectivity index (χ0n) is 13.6. The van der Waals surface area contributed by atoms with Crippen molar-refractivity contribution in [2.75, 3.05) is 18.1 Å². The van der Waals surface area contributed by atoms with Crippen LogP contribution in [0.2, 0.25) is 0 Å². The first-order valence-corrected chi connectivity index (χ1v) is 8.27. The molecule has 0 saturated heterocycles. The van der Waals surface area contributed by atoms with Gasteiger partial charge in [0.15, 0.2) is 6.61 Å². The first kappa shape index (κ1) is 15.6. The van der Waals surface area contributed by atoms with Crippen LogP contribution >= 0.6 is 0 Å². The molecule has 3 aromatic rings. The molecule has 0 fully saturated rings. The number of aromatic nitrogens is 1. The van der Waals surface area contributed by atoms with Gasteiger partial charge >= 0.3 is 0 Å². The summed E-state index contributed by atoms with van der Waals surface area (Å²) in [6.07, 6.45) is 5.07. The van der Waals surface area contributed by atoms with E-state index in [-0.39, 0.29) is 18.3 Å². The van der Waals surface area contributed by atoms with Gasteiger partial charge in [-0.3, -0.25) is 9.78 Å². The van der Waals surface area contributed by atoms with Crippen LogP contribution in [0.3, 0.4) is 0 Å². The minimum Gasteiger partial charge on any atom is -0.483 e. The first-order chi connectivity index (χ1) is 12.2. The van der Waals surface area contributed by atoms with E-state index in [0.29, 0.717) is 12.3 Å². The standard InChI is InChI=1S/C20H17FN2O2/c21-16-6-7-18-14(11-16)4-2-10-23(18)20(24)13-25-19-5-1-3-15-12-22-9-8-17(15)19/h1,3,5-9,11-12H,2,4,10,13H2. The molecule has 1 aliphatic rings. The average molecular weight is 336 g/mol. The molecule has 0 spiro atoms. The van der Waals surface area contributed by atoms with Crippen molar-refractivity contribution in [1.82, 2.24) is 4.98 Å². The molecule has 126 valence electrons. The lowest BCUT2D eigenvalue weighted by molar-refractivity contribution is -0.120. The van der Waals surface area contributed by atoms with E-state index in [4.69, 9.17) is 4.74 Å². The topological polar surface area (TPSA) is 42.4 Å². The second-order valence-electron chi connectivity index (χ2n) is 6.06. The van der Waals surface area contributed by atoms with E-state index in [1.54, 1.807) is 23.4 Å². The van der Waals surface area contributed by atoms with Crippen LogP contribution in [0.15, 0.2) is 54.9 Å². The maximum atomic E-state index is 13.4. The minimum atomic E-state index is -0.270. The van der Waals surface area contributed by atoms with Gasteiger partial charge in [0.25, 0.3) is 5.91 Å². The molecule has 0 saturated carbocycles. The highest BCUT2D eigenvalue weighted by Gasteiger charge is 2.23. The second-order valence-corrected chi connectivity index (χ2v) is 6.06. The monoisotopic (exact) mass is 336 g/mol. The number of rotatable bonds is 3. The van der Waals surface area contributed by atoms with E-state index in [9.17, 15) is 9.18 Å². The van der Waals surface area contributed by atoms with Gasteiger partial charge in [-0.1, -0.05) is 12.1 Å². The smallest absolute Gasteiger partial charge is 0.264 e. The quantitative estimate of drug-likeness (QED) is 0.732. The van der Waals surface area contributed by atoms with Gasteiger partial charge < -0.3 is 9.64 Å². The third kappa shape index (κ3) is 3.05. The van der Waals surface area contributed by atoms with Crippen molar-refractivity contribution in [2.24, 2.45) is 0 Å².